The Hall–Kier alpha value is -0.310. The summed E-state index contributed by atoms with van der Waals surface area (Å²) >= 11 is 5.16. The molecule has 94 valence electrons. The molecular formula is C10H8BrF3INO. The van der Waals surface area contributed by atoms with Crippen molar-refractivity contribution in [2.45, 2.75) is 12.6 Å². The van der Waals surface area contributed by atoms with Gasteiger partial charge in [0.2, 0.25) is 0 Å². The zero-order chi connectivity index (χ0) is 13.1. The van der Waals surface area contributed by atoms with Crippen LogP contribution in [0, 0.1) is 3.57 Å². The van der Waals surface area contributed by atoms with E-state index in [0.717, 1.165) is 0 Å². The van der Waals surface area contributed by atoms with Gasteiger partial charge in [0, 0.05) is 14.6 Å². The summed E-state index contributed by atoms with van der Waals surface area (Å²) in [7, 11) is 0. The molecule has 0 aliphatic rings. The molecule has 0 aliphatic heterocycles. The van der Waals surface area contributed by atoms with E-state index >= 15 is 0 Å². The highest BCUT2D eigenvalue weighted by atomic mass is 127. The minimum absolute atomic E-state index is 0.363. The molecule has 1 aromatic carbocycles. The van der Waals surface area contributed by atoms with Gasteiger partial charge in [0.15, 0.2) is 0 Å². The second kappa shape index (κ2) is 6.03. The van der Waals surface area contributed by atoms with Gasteiger partial charge in [0.25, 0.3) is 5.91 Å². The van der Waals surface area contributed by atoms with Crippen LogP contribution in [0.25, 0.3) is 0 Å². The molecule has 0 saturated heterocycles. The maximum absolute atomic E-state index is 11.9. The maximum atomic E-state index is 11.9. The zero-order valence-electron chi connectivity index (χ0n) is 8.44. The van der Waals surface area contributed by atoms with E-state index < -0.39 is 25.0 Å². The fraction of sp³-hybridized carbons (Fsp3) is 0.300. The highest BCUT2D eigenvalue weighted by Gasteiger charge is 2.26. The van der Waals surface area contributed by atoms with Crippen molar-refractivity contribution in [3.05, 3.63) is 31.8 Å². The molecule has 0 atom stereocenters. The van der Waals surface area contributed by atoms with Gasteiger partial charge in [0.05, 0.1) is 12.0 Å². The molecule has 0 heterocycles. The van der Waals surface area contributed by atoms with E-state index in [0.29, 0.717) is 13.6 Å². The van der Waals surface area contributed by atoms with Crippen LogP contribution < -0.4 is 5.32 Å². The first-order valence-electron chi connectivity index (χ1n) is 4.59. The Morgan fingerprint density at radius 3 is 2.65 bits per heavy atom. The average molecular weight is 422 g/mol. The lowest BCUT2D eigenvalue weighted by atomic mass is 10.2. The molecule has 1 amide bonds. The zero-order valence-corrected chi connectivity index (χ0v) is 12.2. The van der Waals surface area contributed by atoms with Crippen molar-refractivity contribution in [2.24, 2.45) is 0 Å². The minimum Gasteiger partial charge on any atom is -0.352 e. The van der Waals surface area contributed by atoms with Crippen LogP contribution in [-0.4, -0.2) is 18.6 Å². The quantitative estimate of drug-likeness (QED) is 0.740. The van der Waals surface area contributed by atoms with E-state index in [9.17, 15) is 18.0 Å². The number of benzene rings is 1. The fourth-order valence-electron chi connectivity index (χ4n) is 1.08. The van der Waals surface area contributed by atoms with Gasteiger partial charge in [-0.2, -0.15) is 13.2 Å². The van der Waals surface area contributed by atoms with Gasteiger partial charge in [-0.3, -0.25) is 4.79 Å². The second-order valence-electron chi connectivity index (χ2n) is 3.25. The lowest BCUT2D eigenvalue weighted by Crippen LogP contribution is -2.28. The van der Waals surface area contributed by atoms with Crippen molar-refractivity contribution in [1.29, 1.82) is 0 Å². The smallest absolute Gasteiger partial charge is 0.352 e. The third kappa shape index (κ3) is 5.24. The third-order valence-corrected chi connectivity index (χ3v) is 3.30. The minimum atomic E-state index is -4.25. The summed E-state index contributed by atoms with van der Waals surface area (Å²) in [5.41, 5.74) is 0.363. The van der Waals surface area contributed by atoms with Gasteiger partial charge < -0.3 is 5.32 Å². The first-order valence-corrected chi connectivity index (χ1v) is 6.47. The second-order valence-corrected chi connectivity index (χ2v) is 5.32. The number of rotatable bonds is 3. The van der Waals surface area contributed by atoms with Crippen LogP contribution in [0.2, 0.25) is 0 Å². The van der Waals surface area contributed by atoms with Crippen molar-refractivity contribution in [3.63, 3.8) is 0 Å². The largest absolute Gasteiger partial charge is 0.390 e. The predicted octanol–water partition coefficient (Wildman–Crippen LogP) is 3.74. The van der Waals surface area contributed by atoms with Crippen LogP contribution >= 0.6 is 38.5 Å². The van der Waals surface area contributed by atoms with Gasteiger partial charge >= 0.3 is 6.18 Å². The molecular weight excluding hydrogens is 414 g/mol. The van der Waals surface area contributed by atoms with E-state index in [4.69, 9.17) is 0 Å². The van der Waals surface area contributed by atoms with Crippen LogP contribution in [0.15, 0.2) is 22.7 Å². The topological polar surface area (TPSA) is 29.1 Å². The molecule has 7 heteroatoms. The van der Waals surface area contributed by atoms with Gasteiger partial charge in [-0.1, -0.05) is 15.9 Å². The Morgan fingerprint density at radius 1 is 1.41 bits per heavy atom. The molecule has 0 fully saturated rings. The molecule has 0 spiro atoms. The molecule has 0 aromatic heterocycles. The summed E-state index contributed by atoms with van der Waals surface area (Å²) in [6.07, 6.45) is -5.28. The number of hydrogen-bond donors (Lipinski definition) is 1. The standard InChI is InChI=1S/C10H8BrF3INO/c11-6-1-2-8(15)7(5-6)9(17)16-4-3-10(12,13)14/h1-2,5H,3-4H2,(H,16,17). The fourth-order valence-corrected chi connectivity index (χ4v) is 2.03. The highest BCUT2D eigenvalue weighted by molar-refractivity contribution is 14.1. The lowest BCUT2D eigenvalue weighted by Gasteiger charge is -2.09. The summed E-state index contributed by atoms with van der Waals surface area (Å²) < 4.78 is 37.1. The lowest BCUT2D eigenvalue weighted by molar-refractivity contribution is -0.132. The molecule has 17 heavy (non-hydrogen) atoms. The van der Waals surface area contributed by atoms with E-state index in [2.05, 4.69) is 21.2 Å². The molecule has 1 rings (SSSR count). The summed E-state index contributed by atoms with van der Waals surface area (Å²) in [4.78, 5) is 11.6. The molecule has 0 radical (unpaired) electrons. The van der Waals surface area contributed by atoms with Crippen LogP contribution in [0.4, 0.5) is 13.2 Å². The van der Waals surface area contributed by atoms with Gasteiger partial charge in [-0.15, -0.1) is 0 Å². The van der Waals surface area contributed by atoms with Crippen LogP contribution in [0.3, 0.4) is 0 Å². The Kier molecular flexibility index (Phi) is 5.23. The first kappa shape index (κ1) is 14.7. The number of hydrogen-bond acceptors (Lipinski definition) is 1. The number of halogens is 5. The van der Waals surface area contributed by atoms with Crippen molar-refractivity contribution < 1.29 is 18.0 Å². The van der Waals surface area contributed by atoms with Gasteiger partial charge in [-0.05, 0) is 40.8 Å². The molecule has 0 bridgehead atoms. The predicted molar refractivity (Wildman–Crippen MR) is 69.9 cm³/mol. The van der Waals surface area contributed by atoms with Gasteiger partial charge in [0.1, 0.15) is 0 Å². The van der Waals surface area contributed by atoms with E-state index in [1.165, 1.54) is 0 Å². The van der Waals surface area contributed by atoms with Crippen LogP contribution in [-0.2, 0) is 0 Å². The molecule has 1 aromatic rings. The van der Waals surface area contributed by atoms with E-state index in [1.807, 2.05) is 22.6 Å². The van der Waals surface area contributed by atoms with E-state index in [1.54, 1.807) is 18.2 Å². The molecule has 0 saturated carbocycles. The SMILES string of the molecule is O=C(NCCC(F)(F)F)c1cc(Br)ccc1I. The summed E-state index contributed by atoms with van der Waals surface area (Å²) in [6, 6.07) is 5.04. The van der Waals surface area contributed by atoms with Crippen molar-refractivity contribution >= 4 is 44.4 Å². The number of amides is 1. The number of alkyl halides is 3. The number of carbonyl (C=O) groups excluding carboxylic acids is 1. The maximum Gasteiger partial charge on any atom is 0.390 e. The van der Waals surface area contributed by atoms with Crippen molar-refractivity contribution in [3.8, 4) is 0 Å². The number of nitrogens with one attached hydrogen (secondary N) is 1. The van der Waals surface area contributed by atoms with E-state index in [-0.39, 0.29) is 0 Å². The summed E-state index contributed by atoms with van der Waals surface area (Å²) in [5.74, 6) is -0.500. The van der Waals surface area contributed by atoms with Gasteiger partial charge in [-0.25, -0.2) is 0 Å². The Balaban J connectivity index is 2.61. The number of carbonyl (C=O) groups is 1. The Bertz CT molecular complexity index is 423. The van der Waals surface area contributed by atoms with Crippen molar-refractivity contribution in [1.82, 2.24) is 5.32 Å². The molecule has 0 aliphatic carbocycles. The van der Waals surface area contributed by atoms with Crippen LogP contribution in [0.5, 0.6) is 0 Å². The van der Waals surface area contributed by atoms with Crippen LogP contribution in [0.1, 0.15) is 16.8 Å². The third-order valence-electron chi connectivity index (χ3n) is 1.87. The first-order chi connectivity index (χ1) is 7.79. The molecule has 1 N–H and O–H groups in total. The summed E-state index contributed by atoms with van der Waals surface area (Å²) in [6.45, 7) is -0.412. The summed E-state index contributed by atoms with van der Waals surface area (Å²) in [5, 5.41) is 2.24. The normalized spacial score (nSPS) is 11.4. The average Bonchev–Trinajstić information content (AvgIpc) is 2.19. The Morgan fingerprint density at radius 2 is 2.06 bits per heavy atom. The van der Waals surface area contributed by atoms with Crippen molar-refractivity contribution in [2.75, 3.05) is 6.54 Å². The highest BCUT2D eigenvalue weighted by Crippen LogP contribution is 2.20. The monoisotopic (exact) mass is 421 g/mol. The Labute approximate surface area is 118 Å². The molecule has 2 nitrogen and oxygen atoms in total. The molecule has 0 unspecified atom stereocenters.